The van der Waals surface area contributed by atoms with E-state index in [0.29, 0.717) is 81.6 Å². The summed E-state index contributed by atoms with van der Waals surface area (Å²) < 4.78 is 3.99. The molecule has 68 heavy (non-hydrogen) atoms. The van der Waals surface area contributed by atoms with Gasteiger partial charge < -0.3 is 68.4 Å². The fourth-order valence-electron chi connectivity index (χ4n) is 6.91. The number of hydrogen-bond acceptors (Lipinski definition) is 11. The van der Waals surface area contributed by atoms with Gasteiger partial charge in [0.25, 0.3) is 0 Å². The number of quaternary nitrogens is 5. The summed E-state index contributed by atoms with van der Waals surface area (Å²) in [6.07, 6.45) is 26.3. The summed E-state index contributed by atoms with van der Waals surface area (Å²) in [4.78, 5) is 3.78. The molecule has 18 heteroatoms. The quantitative estimate of drug-likeness (QED) is 0.0232. The Bertz CT molecular complexity index is 1270. The van der Waals surface area contributed by atoms with E-state index in [2.05, 4.69) is 117 Å². The van der Waals surface area contributed by atoms with Gasteiger partial charge >= 0.3 is 0 Å². The molecule has 402 valence electrons. The number of allylic oxidation sites excluding steroid dienone is 2. The van der Waals surface area contributed by atoms with Gasteiger partial charge in [0, 0.05) is 57.1 Å². The monoisotopic (exact) mass is 1020 g/mol. The Morgan fingerprint density at radius 3 is 0.926 bits per heavy atom. The Morgan fingerprint density at radius 1 is 0.368 bits per heavy atom. The van der Waals surface area contributed by atoms with Gasteiger partial charge in [0.05, 0.1) is 168 Å². The summed E-state index contributed by atoms with van der Waals surface area (Å²) in [7, 11) is 17.6. The minimum atomic E-state index is -0.151. The highest BCUT2D eigenvalue weighted by Crippen LogP contribution is 2.09. The zero-order valence-corrected chi connectivity index (χ0v) is 45.4. The summed E-state index contributed by atoms with van der Waals surface area (Å²) in [5.41, 5.74) is 0. The molecule has 0 aromatic heterocycles. The normalized spacial score (nSPS) is 13.9. The molecule has 0 saturated carbocycles. The van der Waals surface area contributed by atoms with Crippen LogP contribution in [0.15, 0.2) is 72.9 Å². The molecule has 0 fully saturated rings. The lowest BCUT2D eigenvalue weighted by atomic mass is 10.2. The first-order valence-corrected chi connectivity index (χ1v) is 25.4. The lowest BCUT2D eigenvalue weighted by molar-refractivity contribution is -0.923. The van der Waals surface area contributed by atoms with E-state index in [9.17, 15) is 30.6 Å². The molecule has 0 rings (SSSR count). The van der Waals surface area contributed by atoms with Crippen molar-refractivity contribution in [2.75, 3.05) is 239 Å². The smallest absolute Gasteiger partial charge is 0.102 e. The third kappa shape index (κ3) is 42.1. The average molecular weight is 1020 g/mol. The van der Waals surface area contributed by atoms with Crippen molar-refractivity contribution >= 4 is 23.2 Å². The minimum Gasteiger partial charge on any atom is -0.396 e. The fourth-order valence-corrected chi connectivity index (χ4v) is 7.16. The predicted octanol–water partition coefficient (Wildman–Crippen LogP) is 0.190. The van der Waals surface area contributed by atoms with Gasteiger partial charge in [0.1, 0.15) is 19.6 Å². The van der Waals surface area contributed by atoms with Gasteiger partial charge in [-0.1, -0.05) is 18.2 Å². The summed E-state index contributed by atoms with van der Waals surface area (Å²) >= 11 is 11.3. The Balaban J connectivity index is -0.00000116. The van der Waals surface area contributed by atoms with E-state index in [1.165, 1.54) is 0 Å². The molecule has 0 aliphatic rings. The van der Waals surface area contributed by atoms with Crippen molar-refractivity contribution in [2.45, 2.75) is 12.5 Å². The predicted molar refractivity (Wildman–Crippen MR) is 284 cm³/mol. The molecule has 1 unspecified atom stereocenters. The van der Waals surface area contributed by atoms with Crippen LogP contribution in [0, 0.1) is 0 Å². The van der Waals surface area contributed by atoms with Crippen LogP contribution in [0.2, 0.25) is 0 Å². The Morgan fingerprint density at radius 2 is 0.662 bits per heavy atom. The molecule has 0 aromatic carbocycles. The molecule has 16 nitrogen and oxygen atoms in total. The van der Waals surface area contributed by atoms with Crippen LogP contribution in [-0.2, 0) is 0 Å². The van der Waals surface area contributed by atoms with Crippen molar-refractivity contribution in [3.05, 3.63) is 72.9 Å². The van der Waals surface area contributed by atoms with E-state index in [4.69, 9.17) is 38.5 Å². The van der Waals surface area contributed by atoms with Crippen LogP contribution in [0.5, 0.6) is 0 Å². The van der Waals surface area contributed by atoms with Crippen molar-refractivity contribution in [1.82, 2.24) is 9.80 Å². The number of halogens is 2. The van der Waals surface area contributed by atoms with Gasteiger partial charge in [-0.3, -0.25) is 9.80 Å². The SMILES string of the molecule is C[N+](C)(C/C=C/CCl)C/C=C/C[N+](C)(C)C/C=C/CCl.C[N+](C)(C/C=C/CN(CCO)C(CO)CCO)C/C=C/C[N+](C)(C)C/C=C/C[N+](CCO)(CCO)CCO.OCCN(CCO)CCO. The van der Waals surface area contributed by atoms with E-state index in [-0.39, 0.29) is 65.5 Å². The van der Waals surface area contributed by atoms with E-state index in [1.807, 2.05) is 17.1 Å². The summed E-state index contributed by atoms with van der Waals surface area (Å²) in [6, 6.07) is -0.151. The maximum absolute atomic E-state index is 9.57. The fraction of sp³-hybridized carbons (Fsp3) is 0.760. The first kappa shape index (κ1) is 70.6. The molecule has 9 N–H and O–H groups in total. The molecule has 0 spiro atoms. The molecule has 1 atom stereocenters. The second-order valence-electron chi connectivity index (χ2n) is 19.8. The lowest BCUT2D eigenvalue weighted by Gasteiger charge is -2.36. The van der Waals surface area contributed by atoms with Crippen molar-refractivity contribution in [3.8, 4) is 0 Å². The van der Waals surface area contributed by atoms with Crippen LogP contribution in [-0.4, -0.2) is 323 Å². The zero-order valence-electron chi connectivity index (χ0n) is 43.9. The maximum atomic E-state index is 9.57. The molecule has 0 amide bonds. The summed E-state index contributed by atoms with van der Waals surface area (Å²) in [5, 5.41) is 81.8. The van der Waals surface area contributed by atoms with Gasteiger partial charge in [-0.05, 0) is 61.1 Å². The molecule has 0 radical (unpaired) electrons. The number of hydrogen-bond donors (Lipinski definition) is 9. The van der Waals surface area contributed by atoms with Crippen LogP contribution in [0.3, 0.4) is 0 Å². The van der Waals surface area contributed by atoms with Gasteiger partial charge in [-0.25, -0.2) is 0 Å². The van der Waals surface area contributed by atoms with Crippen molar-refractivity contribution in [3.63, 3.8) is 0 Å². The van der Waals surface area contributed by atoms with Gasteiger partial charge in [0.2, 0.25) is 0 Å². The van der Waals surface area contributed by atoms with E-state index in [0.717, 1.165) is 70.3 Å². The molecule has 0 bridgehead atoms. The third-order valence-electron chi connectivity index (χ3n) is 11.4. The molecule has 0 heterocycles. The van der Waals surface area contributed by atoms with Crippen molar-refractivity contribution in [2.24, 2.45) is 0 Å². The van der Waals surface area contributed by atoms with Crippen LogP contribution >= 0.6 is 23.2 Å². The highest BCUT2D eigenvalue weighted by atomic mass is 35.5. The topological polar surface area (TPSA) is 189 Å². The lowest BCUT2D eigenvalue weighted by Crippen LogP contribution is -2.53. The number of alkyl halides is 2. The van der Waals surface area contributed by atoms with Crippen LogP contribution < -0.4 is 0 Å². The highest BCUT2D eigenvalue weighted by Gasteiger charge is 2.25. The van der Waals surface area contributed by atoms with E-state index >= 15 is 0 Å². The number of rotatable bonds is 40. The van der Waals surface area contributed by atoms with Crippen LogP contribution in [0.4, 0.5) is 0 Å². The number of aliphatic hydroxyl groups excluding tert-OH is 9. The Hall–Kier alpha value is -1.62. The zero-order chi connectivity index (χ0) is 52.2. The molecule has 0 aliphatic carbocycles. The Kier molecular flexibility index (Phi) is 45.8. The molecule has 0 aromatic rings. The van der Waals surface area contributed by atoms with Crippen LogP contribution in [0.1, 0.15) is 6.42 Å². The van der Waals surface area contributed by atoms with E-state index < -0.39 is 0 Å². The summed E-state index contributed by atoms with van der Waals surface area (Å²) in [5.74, 6) is 1.19. The number of aliphatic hydroxyl groups is 9. The highest BCUT2D eigenvalue weighted by molar-refractivity contribution is 6.19. The van der Waals surface area contributed by atoms with Crippen molar-refractivity contribution in [1.29, 1.82) is 0 Å². The first-order chi connectivity index (χ1) is 32.2. The van der Waals surface area contributed by atoms with E-state index in [1.54, 1.807) is 4.90 Å². The van der Waals surface area contributed by atoms with Gasteiger partial charge in [-0.15, -0.1) is 23.2 Å². The third-order valence-corrected chi connectivity index (χ3v) is 11.7. The molecular weight excluding hydrogens is 913 g/mol. The molecular formula is C50H104Cl2N7O9+5. The minimum absolute atomic E-state index is 0.0127. The second kappa shape index (κ2) is 44.1. The first-order valence-electron chi connectivity index (χ1n) is 24.3. The van der Waals surface area contributed by atoms with Gasteiger partial charge in [-0.2, -0.15) is 0 Å². The van der Waals surface area contributed by atoms with Crippen molar-refractivity contribution < 1.29 is 68.4 Å². The summed E-state index contributed by atoms with van der Waals surface area (Å²) in [6.45, 7) is 12.7. The van der Waals surface area contributed by atoms with Gasteiger partial charge in [0.15, 0.2) is 0 Å². The number of likely N-dealkylation sites (N-methyl/N-ethyl adjacent to an activating group) is 4. The Labute approximate surface area is 424 Å². The average Bonchev–Trinajstić information content (AvgIpc) is 3.27. The molecule has 0 saturated heterocycles. The number of nitrogens with zero attached hydrogens (tertiary/aromatic N) is 7. The maximum Gasteiger partial charge on any atom is 0.102 e. The standard InChI is InChI=1S/C28H59N4O6.C16H30Cl2N2.C6H15NO3/c1-30(2,14-6-5-12-29(13-23-34)28(27-38)11-22-33)15-7-8-16-31(3,4)17-9-10-18-32(19-24-35,20-25-36)21-26-37;1-19(2,13-7-5-11-17)15-9-10-16-20(3,4)14-8-6-12-18;8-4-1-7(2-5-9)3-6-10/h5-10,28,33-38H,11-27H2,1-4H3;5-10H,11-16H2,1-4H3;8-10H,1-6H2/q+3;+2;/b6-5+,8-7+,10-9+;7-5+,8-6+,10-9+;. The molecule has 0 aliphatic heterocycles. The van der Waals surface area contributed by atoms with Crippen LogP contribution in [0.25, 0.3) is 0 Å². The second-order valence-corrected chi connectivity index (χ2v) is 20.4. The largest absolute Gasteiger partial charge is 0.396 e.